The average Bonchev–Trinajstić information content (AvgIpc) is 2.81. The number of halogens is 4. The van der Waals surface area contributed by atoms with Crippen molar-refractivity contribution < 1.29 is 27.8 Å². The minimum absolute atomic E-state index is 0. The SMILES string of the molecule is COc1cc(N)c(Cl)cc1C(=O)NCC1CCN(CC(OC(N)=O)c2ccc(F)c(F)c2)CC1.Cl. The van der Waals surface area contributed by atoms with Crippen LogP contribution in [0.25, 0.3) is 0 Å². The Labute approximate surface area is 213 Å². The molecule has 0 saturated carbocycles. The molecule has 35 heavy (non-hydrogen) atoms. The van der Waals surface area contributed by atoms with Crippen molar-refractivity contribution in [1.82, 2.24) is 10.2 Å². The summed E-state index contributed by atoms with van der Waals surface area (Å²) in [5.74, 6) is -1.75. The highest BCUT2D eigenvalue weighted by atomic mass is 35.5. The van der Waals surface area contributed by atoms with Crippen LogP contribution in [0.15, 0.2) is 30.3 Å². The molecule has 3 rings (SSSR count). The number of nitrogens with two attached hydrogens (primary N) is 2. The van der Waals surface area contributed by atoms with Gasteiger partial charge in [-0.2, -0.15) is 0 Å². The predicted molar refractivity (Wildman–Crippen MR) is 131 cm³/mol. The Morgan fingerprint density at radius 1 is 1.20 bits per heavy atom. The maximum atomic E-state index is 13.7. The molecule has 1 unspecified atom stereocenters. The lowest BCUT2D eigenvalue weighted by molar-refractivity contribution is 0.0630. The van der Waals surface area contributed by atoms with E-state index in [1.807, 2.05) is 0 Å². The molecule has 1 atom stereocenters. The van der Waals surface area contributed by atoms with Crippen LogP contribution in [0.5, 0.6) is 5.75 Å². The van der Waals surface area contributed by atoms with E-state index in [-0.39, 0.29) is 35.8 Å². The first kappa shape index (κ1) is 28.4. The average molecular weight is 533 g/mol. The van der Waals surface area contributed by atoms with Gasteiger partial charge in [-0.05, 0) is 55.6 Å². The van der Waals surface area contributed by atoms with E-state index in [9.17, 15) is 18.4 Å². The lowest BCUT2D eigenvalue weighted by atomic mass is 9.96. The van der Waals surface area contributed by atoms with E-state index in [0.717, 1.165) is 25.0 Å². The van der Waals surface area contributed by atoms with Crippen LogP contribution in [0.3, 0.4) is 0 Å². The zero-order chi connectivity index (χ0) is 24.8. The van der Waals surface area contributed by atoms with Gasteiger partial charge in [0.1, 0.15) is 11.9 Å². The highest BCUT2D eigenvalue weighted by Crippen LogP contribution is 2.29. The fourth-order valence-corrected chi connectivity index (χ4v) is 4.08. The number of anilines is 1. The van der Waals surface area contributed by atoms with E-state index in [1.54, 1.807) is 0 Å². The number of rotatable bonds is 8. The topological polar surface area (TPSA) is 120 Å². The van der Waals surface area contributed by atoms with Crippen molar-refractivity contribution in [3.63, 3.8) is 0 Å². The summed E-state index contributed by atoms with van der Waals surface area (Å²) in [6.45, 7) is 2.08. The number of carbonyl (C=O) groups is 2. The molecule has 2 amide bonds. The van der Waals surface area contributed by atoms with Gasteiger partial charge >= 0.3 is 6.09 Å². The molecule has 1 saturated heterocycles. The van der Waals surface area contributed by atoms with Crippen LogP contribution in [0.1, 0.15) is 34.9 Å². The van der Waals surface area contributed by atoms with Gasteiger partial charge in [0.05, 0.1) is 23.4 Å². The molecule has 0 spiro atoms. The second-order valence-corrected chi connectivity index (χ2v) is 8.53. The summed E-state index contributed by atoms with van der Waals surface area (Å²) >= 11 is 6.04. The number of benzene rings is 2. The van der Waals surface area contributed by atoms with Crippen LogP contribution in [0.4, 0.5) is 19.3 Å². The first-order valence-electron chi connectivity index (χ1n) is 10.7. The number of methoxy groups -OCH3 is 1. The molecule has 12 heteroatoms. The van der Waals surface area contributed by atoms with Gasteiger partial charge in [-0.1, -0.05) is 17.7 Å². The van der Waals surface area contributed by atoms with Crippen LogP contribution in [0, 0.1) is 17.6 Å². The first-order valence-corrected chi connectivity index (χ1v) is 11.1. The lowest BCUT2D eigenvalue weighted by Gasteiger charge is -2.34. The molecular weight excluding hydrogens is 505 g/mol. The maximum Gasteiger partial charge on any atom is 0.405 e. The van der Waals surface area contributed by atoms with Gasteiger partial charge in [-0.15, -0.1) is 12.4 Å². The number of amides is 2. The molecule has 1 heterocycles. The Hall–Kier alpha value is -2.82. The Balaban J connectivity index is 0.00000432. The van der Waals surface area contributed by atoms with Crippen molar-refractivity contribution in [2.45, 2.75) is 18.9 Å². The molecule has 0 aromatic heterocycles. The largest absolute Gasteiger partial charge is 0.496 e. The third-order valence-corrected chi connectivity index (χ3v) is 6.15. The fraction of sp³-hybridized carbons (Fsp3) is 0.391. The quantitative estimate of drug-likeness (QED) is 0.443. The number of ether oxygens (including phenoxy) is 2. The molecule has 0 aliphatic carbocycles. The van der Waals surface area contributed by atoms with Crippen LogP contribution in [-0.4, -0.2) is 50.2 Å². The summed E-state index contributed by atoms with van der Waals surface area (Å²) in [7, 11) is 1.45. The number of piperidine rings is 1. The van der Waals surface area contributed by atoms with Gasteiger partial charge in [0.25, 0.3) is 5.91 Å². The highest BCUT2D eigenvalue weighted by molar-refractivity contribution is 6.33. The zero-order valence-corrected chi connectivity index (χ0v) is 20.6. The minimum Gasteiger partial charge on any atom is -0.496 e. The molecule has 2 aromatic carbocycles. The molecule has 1 aliphatic heterocycles. The third-order valence-electron chi connectivity index (χ3n) is 5.82. The standard InChI is InChI=1S/C23H27ClF2N4O4.ClH/c1-33-20-10-19(27)16(24)9-15(20)22(31)29-11-13-4-6-30(7-5-13)12-21(34-23(28)32)14-2-3-17(25)18(26)8-14;/h2-3,8-10,13,21H,4-7,11-12,27H2,1H3,(H2,28,32)(H,29,31);1H. The van der Waals surface area contributed by atoms with E-state index in [0.29, 0.717) is 42.2 Å². The third kappa shape index (κ3) is 7.58. The van der Waals surface area contributed by atoms with Gasteiger partial charge in [0, 0.05) is 19.2 Å². The number of hydrogen-bond acceptors (Lipinski definition) is 6. The molecule has 0 radical (unpaired) electrons. The molecule has 8 nitrogen and oxygen atoms in total. The minimum atomic E-state index is -1.02. The monoisotopic (exact) mass is 532 g/mol. The van der Waals surface area contributed by atoms with Crippen LogP contribution in [0.2, 0.25) is 5.02 Å². The number of nitrogens with zero attached hydrogens (tertiary/aromatic N) is 1. The molecule has 1 fully saturated rings. The Morgan fingerprint density at radius 2 is 1.89 bits per heavy atom. The van der Waals surface area contributed by atoms with Crippen molar-refractivity contribution in [2.75, 3.05) is 39.0 Å². The van der Waals surface area contributed by atoms with Gasteiger partial charge in [-0.25, -0.2) is 13.6 Å². The van der Waals surface area contributed by atoms with Crippen LogP contribution < -0.4 is 21.5 Å². The second-order valence-electron chi connectivity index (χ2n) is 8.13. The summed E-state index contributed by atoms with van der Waals surface area (Å²) in [5, 5.41) is 3.18. The van der Waals surface area contributed by atoms with Crippen molar-refractivity contribution in [3.8, 4) is 5.75 Å². The van der Waals surface area contributed by atoms with Crippen molar-refractivity contribution >= 4 is 41.7 Å². The Kier molecular flexibility index (Phi) is 10.4. The lowest BCUT2D eigenvalue weighted by Crippen LogP contribution is -2.41. The molecule has 5 N–H and O–H groups in total. The van der Waals surface area contributed by atoms with E-state index in [1.165, 1.54) is 25.3 Å². The van der Waals surface area contributed by atoms with E-state index < -0.39 is 23.8 Å². The zero-order valence-electron chi connectivity index (χ0n) is 19.1. The smallest absolute Gasteiger partial charge is 0.405 e. The van der Waals surface area contributed by atoms with Crippen LogP contribution >= 0.6 is 24.0 Å². The number of carbonyl (C=O) groups excluding carboxylic acids is 2. The number of hydrogen-bond donors (Lipinski definition) is 3. The molecular formula is C23H28Cl2F2N4O4. The predicted octanol–water partition coefficient (Wildman–Crippen LogP) is 3.91. The van der Waals surface area contributed by atoms with Gasteiger partial charge < -0.3 is 26.3 Å². The second kappa shape index (κ2) is 12.8. The normalized spacial score (nSPS) is 15.1. The van der Waals surface area contributed by atoms with Gasteiger partial charge in [0.15, 0.2) is 11.6 Å². The summed E-state index contributed by atoms with van der Waals surface area (Å²) in [5.41, 5.74) is 11.9. The van der Waals surface area contributed by atoms with Crippen LogP contribution in [-0.2, 0) is 4.74 Å². The fourth-order valence-electron chi connectivity index (χ4n) is 3.92. The maximum absolute atomic E-state index is 13.7. The number of likely N-dealkylation sites (tertiary alicyclic amines) is 1. The number of nitrogen functional groups attached to an aromatic ring is 1. The summed E-state index contributed by atoms with van der Waals surface area (Å²) in [6.07, 6.45) is -0.265. The number of primary amides is 1. The molecule has 0 bridgehead atoms. The summed E-state index contributed by atoms with van der Waals surface area (Å²) < 4.78 is 37.3. The van der Waals surface area contributed by atoms with Gasteiger partial charge in [-0.3, -0.25) is 9.69 Å². The first-order chi connectivity index (χ1) is 16.2. The molecule has 2 aromatic rings. The highest BCUT2D eigenvalue weighted by Gasteiger charge is 2.26. The summed E-state index contributed by atoms with van der Waals surface area (Å²) in [4.78, 5) is 26.0. The van der Waals surface area contributed by atoms with Crippen molar-refractivity contribution in [2.24, 2.45) is 11.7 Å². The Bertz CT molecular complexity index is 1050. The summed E-state index contributed by atoms with van der Waals surface area (Å²) in [6, 6.07) is 6.34. The Morgan fingerprint density at radius 3 is 2.49 bits per heavy atom. The van der Waals surface area contributed by atoms with E-state index in [4.69, 9.17) is 32.5 Å². The van der Waals surface area contributed by atoms with E-state index >= 15 is 0 Å². The van der Waals surface area contributed by atoms with E-state index in [2.05, 4.69) is 10.2 Å². The van der Waals surface area contributed by atoms with Gasteiger partial charge in [0.2, 0.25) is 0 Å². The molecule has 192 valence electrons. The van der Waals surface area contributed by atoms with Crippen molar-refractivity contribution in [1.29, 1.82) is 0 Å². The number of nitrogens with one attached hydrogen (secondary N) is 1. The molecule has 1 aliphatic rings. The van der Waals surface area contributed by atoms with Crippen molar-refractivity contribution in [3.05, 3.63) is 58.1 Å².